The van der Waals surface area contributed by atoms with E-state index in [1.165, 1.54) is 0 Å². The molecule has 0 aromatic carbocycles. The molecule has 0 atom stereocenters. The van der Waals surface area contributed by atoms with Gasteiger partial charge >= 0.3 is 6.18 Å². The maximum absolute atomic E-state index is 10.5. The summed E-state index contributed by atoms with van der Waals surface area (Å²) in [5.74, 6) is 0. The molecule has 0 saturated heterocycles. The summed E-state index contributed by atoms with van der Waals surface area (Å²) < 4.78 is 31.6. The zero-order valence-corrected chi connectivity index (χ0v) is 2.79. The van der Waals surface area contributed by atoms with E-state index in [0.29, 0.717) is 0 Å². The van der Waals surface area contributed by atoms with Crippen LogP contribution in [0.4, 0.5) is 13.2 Å². The molecule has 0 aromatic heterocycles. The van der Waals surface area contributed by atoms with Crippen LogP contribution >= 0.6 is 0 Å². The molecule has 0 spiro atoms. The van der Waals surface area contributed by atoms with Crippen molar-refractivity contribution in [1.82, 2.24) is 0 Å². The summed E-state index contributed by atoms with van der Waals surface area (Å²) in [5.41, 5.74) is 0. The number of halogens is 3. The van der Waals surface area contributed by atoms with Crippen molar-refractivity contribution in [3.63, 3.8) is 0 Å². The molecule has 0 aliphatic rings. The molecule has 7 heavy (non-hydrogen) atoms. The van der Waals surface area contributed by atoms with Crippen molar-refractivity contribution in [1.29, 1.82) is 0 Å². The van der Waals surface area contributed by atoms with Gasteiger partial charge in [0.1, 0.15) is 6.61 Å². The van der Waals surface area contributed by atoms with Gasteiger partial charge in [0, 0.05) is 0 Å². The third-order valence-electron chi connectivity index (χ3n) is 0.179. The van der Waals surface area contributed by atoms with Crippen LogP contribution in [0.5, 0.6) is 0 Å². The fourth-order valence-corrected chi connectivity index (χ4v) is 0. The standard InChI is InChI=1S/C2H3F3O.Al.3H/c3-2(4,5)1-6;;;;/h6H,1H2;;;;. The second-order valence-corrected chi connectivity index (χ2v) is 0.773. The number of alkyl halides is 3. The third kappa shape index (κ3) is 10.7. The molecule has 0 fully saturated rings. The van der Waals surface area contributed by atoms with E-state index in [0.717, 1.165) is 0 Å². The lowest BCUT2D eigenvalue weighted by Crippen LogP contribution is -2.12. The molecule has 44 valence electrons. The zero-order valence-electron chi connectivity index (χ0n) is 2.79. The molecule has 0 heterocycles. The first-order valence-corrected chi connectivity index (χ1v) is 1.24. The van der Waals surface area contributed by atoms with Gasteiger partial charge in [0.2, 0.25) is 0 Å². The molecule has 0 bridgehead atoms. The van der Waals surface area contributed by atoms with Crippen LogP contribution in [0.1, 0.15) is 0 Å². The number of hydrogen-bond acceptors (Lipinski definition) is 1. The van der Waals surface area contributed by atoms with Gasteiger partial charge in [-0.3, -0.25) is 0 Å². The van der Waals surface area contributed by atoms with Crippen molar-refractivity contribution < 1.29 is 18.3 Å². The maximum atomic E-state index is 10.5. The SMILES string of the molecule is OCC(F)(F)F.[AlH3]. The number of rotatable bonds is 0. The monoisotopic (exact) mass is 130 g/mol. The predicted molar refractivity (Wildman–Crippen MR) is 23.1 cm³/mol. The van der Waals surface area contributed by atoms with Gasteiger partial charge in [0.25, 0.3) is 0 Å². The van der Waals surface area contributed by atoms with Gasteiger partial charge in [0.05, 0.1) is 0 Å². The molecule has 0 aliphatic heterocycles. The maximum Gasteiger partial charge on any atom is 0.411 e. The Morgan fingerprint density at radius 1 is 1.29 bits per heavy atom. The van der Waals surface area contributed by atoms with Crippen molar-refractivity contribution >= 4 is 17.4 Å². The Morgan fingerprint density at radius 2 is 1.43 bits per heavy atom. The van der Waals surface area contributed by atoms with E-state index in [9.17, 15) is 13.2 Å². The smallest absolute Gasteiger partial charge is 0.387 e. The van der Waals surface area contributed by atoms with E-state index in [2.05, 4.69) is 0 Å². The van der Waals surface area contributed by atoms with E-state index in [1.807, 2.05) is 0 Å². The average molecular weight is 130 g/mol. The van der Waals surface area contributed by atoms with Gasteiger partial charge in [-0.1, -0.05) is 0 Å². The summed E-state index contributed by atoms with van der Waals surface area (Å²) in [4.78, 5) is 0. The van der Waals surface area contributed by atoms with Gasteiger partial charge in [-0.05, 0) is 0 Å². The topological polar surface area (TPSA) is 20.2 Å². The summed E-state index contributed by atoms with van der Waals surface area (Å²) in [7, 11) is 0. The second-order valence-electron chi connectivity index (χ2n) is 0.773. The van der Waals surface area contributed by atoms with Crippen LogP contribution in [0, 0.1) is 0 Å². The fraction of sp³-hybridized carbons (Fsp3) is 1.00. The predicted octanol–water partition coefficient (Wildman–Crippen LogP) is -0.643. The molecule has 1 N–H and O–H groups in total. The summed E-state index contributed by atoms with van der Waals surface area (Å²) in [6.07, 6.45) is -4.40. The molecule has 0 rings (SSSR count). The molecule has 5 heteroatoms. The summed E-state index contributed by atoms with van der Waals surface area (Å²) >= 11 is 0. The summed E-state index contributed by atoms with van der Waals surface area (Å²) in [5, 5.41) is 7.28. The third-order valence-corrected chi connectivity index (χ3v) is 0.179. The van der Waals surface area contributed by atoms with Crippen molar-refractivity contribution in [3.05, 3.63) is 0 Å². The Morgan fingerprint density at radius 3 is 1.43 bits per heavy atom. The molecular formula is C2H6AlF3O. The molecule has 0 radical (unpaired) electrons. The molecule has 0 aliphatic carbocycles. The molecular weight excluding hydrogens is 124 g/mol. The highest BCUT2D eigenvalue weighted by atomic mass is 27.0. The Balaban J connectivity index is 0. The van der Waals surface area contributed by atoms with E-state index in [-0.39, 0.29) is 17.4 Å². The van der Waals surface area contributed by atoms with E-state index in [1.54, 1.807) is 0 Å². The Labute approximate surface area is 49.3 Å². The first kappa shape index (κ1) is 10.3. The molecule has 0 unspecified atom stereocenters. The number of aliphatic hydroxyl groups excluding tert-OH is 1. The minimum Gasteiger partial charge on any atom is -0.387 e. The normalized spacial score (nSPS) is 10.3. The quantitative estimate of drug-likeness (QED) is 0.432. The molecule has 1 nitrogen and oxygen atoms in total. The van der Waals surface area contributed by atoms with Gasteiger partial charge in [-0.15, -0.1) is 0 Å². The lowest BCUT2D eigenvalue weighted by molar-refractivity contribution is -0.159. The van der Waals surface area contributed by atoms with E-state index >= 15 is 0 Å². The van der Waals surface area contributed by atoms with Gasteiger partial charge < -0.3 is 5.11 Å². The summed E-state index contributed by atoms with van der Waals surface area (Å²) in [6.45, 7) is -1.73. The van der Waals surface area contributed by atoms with Crippen LogP contribution in [-0.4, -0.2) is 35.3 Å². The van der Waals surface area contributed by atoms with Crippen LogP contribution in [0.3, 0.4) is 0 Å². The van der Waals surface area contributed by atoms with E-state index in [4.69, 9.17) is 5.11 Å². The van der Waals surface area contributed by atoms with Gasteiger partial charge in [-0.2, -0.15) is 13.2 Å². The zero-order chi connectivity index (χ0) is 5.21. The first-order chi connectivity index (χ1) is 2.56. The lowest BCUT2D eigenvalue weighted by Gasteiger charge is -1.95. The van der Waals surface area contributed by atoms with Crippen LogP contribution in [-0.2, 0) is 0 Å². The molecule has 0 saturated carbocycles. The first-order valence-electron chi connectivity index (χ1n) is 1.24. The van der Waals surface area contributed by atoms with Crippen molar-refractivity contribution in [2.45, 2.75) is 6.18 Å². The van der Waals surface area contributed by atoms with Gasteiger partial charge in [0.15, 0.2) is 17.4 Å². The van der Waals surface area contributed by atoms with Crippen LogP contribution in [0.25, 0.3) is 0 Å². The van der Waals surface area contributed by atoms with Crippen LogP contribution < -0.4 is 0 Å². The minimum absolute atomic E-state index is 0. The van der Waals surface area contributed by atoms with Crippen molar-refractivity contribution in [2.24, 2.45) is 0 Å². The number of hydrogen-bond donors (Lipinski definition) is 1. The Hall–Kier alpha value is 0.282. The van der Waals surface area contributed by atoms with Crippen LogP contribution in [0.15, 0.2) is 0 Å². The minimum atomic E-state index is -4.40. The Kier molecular flexibility index (Phi) is 4.86. The largest absolute Gasteiger partial charge is 0.411 e. The molecule has 0 amide bonds. The summed E-state index contributed by atoms with van der Waals surface area (Å²) in [6, 6.07) is 0. The lowest BCUT2D eigenvalue weighted by atomic mass is 10.7. The van der Waals surface area contributed by atoms with Crippen molar-refractivity contribution in [2.75, 3.05) is 6.61 Å². The molecule has 0 aromatic rings. The average Bonchev–Trinajstić information content (AvgIpc) is 1.35. The highest BCUT2D eigenvalue weighted by Crippen LogP contribution is 2.11. The fourth-order valence-electron chi connectivity index (χ4n) is 0. The van der Waals surface area contributed by atoms with Gasteiger partial charge in [-0.25, -0.2) is 0 Å². The highest BCUT2D eigenvalue weighted by Gasteiger charge is 2.24. The van der Waals surface area contributed by atoms with E-state index < -0.39 is 12.8 Å². The number of aliphatic hydroxyl groups is 1. The second kappa shape index (κ2) is 3.31. The van der Waals surface area contributed by atoms with Crippen molar-refractivity contribution in [3.8, 4) is 0 Å². The van der Waals surface area contributed by atoms with Crippen LogP contribution in [0.2, 0.25) is 0 Å². The Bertz CT molecular complexity index is 42.7. The highest BCUT2D eigenvalue weighted by molar-refractivity contribution is 5.75.